The lowest BCUT2D eigenvalue weighted by Gasteiger charge is -2.44. The molecule has 2 aliphatic heterocycles. The maximum Gasteiger partial charge on any atom is 0.282 e. The molecule has 5 N–H and O–H groups in total. The fourth-order valence-corrected chi connectivity index (χ4v) is 3.86. The Morgan fingerprint density at radius 2 is 1.97 bits per heavy atom. The molecule has 2 heterocycles. The van der Waals surface area contributed by atoms with Gasteiger partial charge in [-0.3, -0.25) is 5.01 Å². The minimum absolute atomic E-state index is 0.123. The van der Waals surface area contributed by atoms with Gasteiger partial charge < -0.3 is 20.9 Å². The normalized spacial score (nSPS) is 20.9. The third-order valence-electron chi connectivity index (χ3n) is 5.39. The van der Waals surface area contributed by atoms with Gasteiger partial charge in [-0.15, -0.1) is 0 Å². The highest BCUT2D eigenvalue weighted by molar-refractivity contribution is 5.18. The standard InChI is InChI=1S/C21H30F2N6/c1-16(13-29(25)20(11-24)27-14-21(22,23)15-27)28-10-6-9-19(28)17(2)26-12-18-7-4-3-5-8-18/h3-5,7-8,11,19,26H,1-2,6,9-10,12-15,24-25H2/b20-11-. The number of rotatable bonds is 9. The number of hydrazine groups is 1. The zero-order chi connectivity index (χ0) is 21.0. The van der Waals surface area contributed by atoms with Crippen molar-refractivity contribution in [3.05, 3.63) is 72.5 Å². The topological polar surface area (TPSA) is 73.8 Å². The maximum absolute atomic E-state index is 13.2. The molecule has 0 aliphatic carbocycles. The lowest BCUT2D eigenvalue weighted by molar-refractivity contribution is -0.125. The van der Waals surface area contributed by atoms with Crippen molar-refractivity contribution in [2.24, 2.45) is 11.6 Å². The summed E-state index contributed by atoms with van der Waals surface area (Å²) < 4.78 is 26.4. The van der Waals surface area contributed by atoms with Crippen molar-refractivity contribution in [2.75, 3.05) is 26.2 Å². The SMILES string of the molecule is C=C(NCc1ccccc1)C1CCCN1C(=C)CN(N)/C(=C\N)N1CC(F)(F)C1. The first-order valence-corrected chi connectivity index (χ1v) is 9.78. The van der Waals surface area contributed by atoms with Gasteiger partial charge in [0.1, 0.15) is 5.82 Å². The fraction of sp³-hybridized carbons (Fsp3) is 0.429. The molecule has 0 radical (unpaired) electrons. The van der Waals surface area contributed by atoms with Gasteiger partial charge in [0.05, 0.1) is 25.7 Å². The van der Waals surface area contributed by atoms with Crippen LogP contribution in [0.2, 0.25) is 0 Å². The highest BCUT2D eigenvalue weighted by atomic mass is 19.3. The van der Waals surface area contributed by atoms with Crippen molar-refractivity contribution in [3.63, 3.8) is 0 Å². The number of nitrogens with zero attached hydrogens (tertiary/aromatic N) is 3. The van der Waals surface area contributed by atoms with E-state index in [9.17, 15) is 8.78 Å². The summed E-state index contributed by atoms with van der Waals surface area (Å²) in [6, 6.07) is 10.3. The van der Waals surface area contributed by atoms with E-state index in [4.69, 9.17) is 11.6 Å². The van der Waals surface area contributed by atoms with Gasteiger partial charge in [0.15, 0.2) is 0 Å². The molecule has 2 aliphatic rings. The summed E-state index contributed by atoms with van der Waals surface area (Å²) in [7, 11) is 0. The minimum atomic E-state index is -2.69. The van der Waals surface area contributed by atoms with Crippen molar-refractivity contribution in [1.29, 1.82) is 0 Å². The van der Waals surface area contributed by atoms with Crippen LogP contribution in [0.3, 0.4) is 0 Å². The summed E-state index contributed by atoms with van der Waals surface area (Å²) in [5.74, 6) is 3.82. The molecule has 1 aromatic rings. The molecular formula is C21H30F2N6. The van der Waals surface area contributed by atoms with Crippen LogP contribution < -0.4 is 16.9 Å². The Bertz CT molecular complexity index is 756. The van der Waals surface area contributed by atoms with Crippen molar-refractivity contribution >= 4 is 0 Å². The fourth-order valence-electron chi connectivity index (χ4n) is 3.86. The van der Waals surface area contributed by atoms with Crippen molar-refractivity contribution in [3.8, 4) is 0 Å². The molecule has 2 saturated heterocycles. The van der Waals surface area contributed by atoms with Crippen LogP contribution in [-0.4, -0.2) is 53.0 Å². The lowest BCUT2D eigenvalue weighted by Crippen LogP contribution is -2.59. The predicted octanol–water partition coefficient (Wildman–Crippen LogP) is 2.15. The zero-order valence-corrected chi connectivity index (χ0v) is 16.7. The Morgan fingerprint density at radius 1 is 1.28 bits per heavy atom. The Hall–Kier alpha value is -2.74. The number of nitrogens with two attached hydrogens (primary N) is 2. The number of hydrogen-bond donors (Lipinski definition) is 3. The van der Waals surface area contributed by atoms with E-state index < -0.39 is 5.92 Å². The first-order chi connectivity index (χ1) is 13.8. The van der Waals surface area contributed by atoms with Crippen LogP contribution in [0, 0.1) is 0 Å². The molecule has 0 saturated carbocycles. The van der Waals surface area contributed by atoms with E-state index in [2.05, 4.69) is 35.5 Å². The van der Waals surface area contributed by atoms with Crippen LogP contribution in [0.4, 0.5) is 8.78 Å². The Balaban J connectivity index is 1.54. The van der Waals surface area contributed by atoms with Crippen LogP contribution in [-0.2, 0) is 6.54 Å². The molecule has 2 fully saturated rings. The molecule has 1 aromatic carbocycles. The van der Waals surface area contributed by atoms with E-state index in [-0.39, 0.29) is 19.1 Å². The highest BCUT2D eigenvalue weighted by Crippen LogP contribution is 2.31. The minimum Gasteiger partial charge on any atom is -0.402 e. The van der Waals surface area contributed by atoms with Gasteiger partial charge in [0.2, 0.25) is 0 Å². The van der Waals surface area contributed by atoms with Gasteiger partial charge >= 0.3 is 0 Å². The average Bonchev–Trinajstić information content (AvgIpc) is 3.16. The van der Waals surface area contributed by atoms with E-state index in [1.54, 1.807) is 0 Å². The van der Waals surface area contributed by atoms with Crippen molar-refractivity contribution in [1.82, 2.24) is 20.1 Å². The molecule has 0 bridgehead atoms. The summed E-state index contributed by atoms with van der Waals surface area (Å²) in [4.78, 5) is 3.65. The molecule has 3 rings (SSSR count). The molecule has 1 unspecified atom stereocenters. The second-order valence-corrected chi connectivity index (χ2v) is 7.65. The van der Waals surface area contributed by atoms with E-state index in [0.717, 1.165) is 30.8 Å². The second-order valence-electron chi connectivity index (χ2n) is 7.65. The van der Waals surface area contributed by atoms with Crippen molar-refractivity contribution < 1.29 is 8.78 Å². The van der Waals surface area contributed by atoms with E-state index in [1.807, 2.05) is 18.2 Å². The molecular weight excluding hydrogens is 374 g/mol. The maximum atomic E-state index is 13.2. The van der Waals surface area contributed by atoms with Gasteiger partial charge in [-0.1, -0.05) is 43.5 Å². The Kier molecular flexibility index (Phi) is 6.32. The zero-order valence-electron chi connectivity index (χ0n) is 16.7. The highest BCUT2D eigenvalue weighted by Gasteiger charge is 2.45. The van der Waals surface area contributed by atoms with Crippen molar-refractivity contribution in [2.45, 2.75) is 31.4 Å². The number of alkyl halides is 2. The number of hydrogen-bond acceptors (Lipinski definition) is 6. The third kappa shape index (κ3) is 5.00. The monoisotopic (exact) mass is 404 g/mol. The summed E-state index contributed by atoms with van der Waals surface area (Å²) in [5, 5.41) is 4.80. The lowest BCUT2D eigenvalue weighted by atomic mass is 10.1. The van der Waals surface area contributed by atoms with E-state index >= 15 is 0 Å². The molecule has 1 atom stereocenters. The summed E-state index contributed by atoms with van der Waals surface area (Å²) in [6.45, 7) is 9.52. The van der Waals surface area contributed by atoms with Gasteiger partial charge in [0, 0.05) is 30.7 Å². The largest absolute Gasteiger partial charge is 0.402 e. The quantitative estimate of drug-likeness (QED) is 0.433. The Morgan fingerprint density at radius 3 is 2.59 bits per heavy atom. The van der Waals surface area contributed by atoms with Crippen LogP contribution >= 0.6 is 0 Å². The predicted molar refractivity (Wildman–Crippen MR) is 111 cm³/mol. The van der Waals surface area contributed by atoms with Gasteiger partial charge in [0.25, 0.3) is 5.92 Å². The van der Waals surface area contributed by atoms with Crippen LogP contribution in [0.1, 0.15) is 18.4 Å². The smallest absolute Gasteiger partial charge is 0.282 e. The number of likely N-dealkylation sites (tertiary alicyclic amines) is 2. The first-order valence-electron chi connectivity index (χ1n) is 9.78. The van der Waals surface area contributed by atoms with Crippen LogP contribution in [0.15, 0.2) is 66.9 Å². The number of benzene rings is 1. The number of nitrogens with one attached hydrogen (secondary N) is 1. The molecule has 158 valence electrons. The molecule has 6 nitrogen and oxygen atoms in total. The van der Waals surface area contributed by atoms with Gasteiger partial charge in [-0.2, -0.15) is 0 Å². The second kappa shape index (κ2) is 8.73. The van der Waals surface area contributed by atoms with Crippen LogP contribution in [0.25, 0.3) is 0 Å². The van der Waals surface area contributed by atoms with Gasteiger partial charge in [-0.25, -0.2) is 14.6 Å². The summed E-state index contributed by atoms with van der Waals surface area (Å²) in [5.41, 5.74) is 8.57. The molecule has 0 aromatic heterocycles. The molecule has 8 heteroatoms. The van der Waals surface area contributed by atoms with Gasteiger partial charge in [-0.05, 0) is 18.4 Å². The summed E-state index contributed by atoms with van der Waals surface area (Å²) >= 11 is 0. The molecule has 29 heavy (non-hydrogen) atoms. The number of halogens is 2. The van der Waals surface area contributed by atoms with E-state index in [0.29, 0.717) is 18.9 Å². The third-order valence-corrected chi connectivity index (χ3v) is 5.39. The van der Waals surface area contributed by atoms with Crippen LogP contribution in [0.5, 0.6) is 0 Å². The Labute approximate surface area is 171 Å². The molecule has 0 amide bonds. The average molecular weight is 405 g/mol. The molecule has 0 spiro atoms. The van der Waals surface area contributed by atoms with E-state index in [1.165, 1.54) is 21.7 Å². The summed E-state index contributed by atoms with van der Waals surface area (Å²) in [6.07, 6.45) is 3.27. The first kappa shape index (κ1) is 21.0.